The Labute approximate surface area is 677 Å². The van der Waals surface area contributed by atoms with Crippen LogP contribution in [0.3, 0.4) is 0 Å². The smallest absolute Gasteiger partial charge is 0.217 e. The van der Waals surface area contributed by atoms with Gasteiger partial charge in [0.2, 0.25) is 5.91 Å². The minimum absolute atomic E-state index is 0.290. The molecule has 0 spiro atoms. The van der Waals surface area contributed by atoms with Crippen molar-refractivity contribution in [2.75, 3.05) is 111 Å². The number of benzene rings is 8. The van der Waals surface area contributed by atoms with Crippen LogP contribution in [0.15, 0.2) is 165 Å². The highest BCUT2D eigenvalue weighted by molar-refractivity contribution is 5.96. The van der Waals surface area contributed by atoms with E-state index in [4.69, 9.17) is 43.6 Å². The van der Waals surface area contributed by atoms with Crippen molar-refractivity contribution in [3.8, 4) is 46.0 Å². The molecule has 612 valence electrons. The fourth-order valence-electron chi connectivity index (χ4n) is 12.0. The molecule has 117 heavy (non-hydrogen) atoms. The van der Waals surface area contributed by atoms with E-state index >= 15 is 0 Å². The maximum Gasteiger partial charge on any atom is 0.217 e. The minimum Gasteiger partial charge on any atom is -0.493 e. The quantitative estimate of drug-likeness (QED) is 0.0189. The fraction of sp³-hybridized carbons (Fsp3) is 0.295. The van der Waals surface area contributed by atoms with Gasteiger partial charge in [-0.1, -0.05) is 30.3 Å². The first kappa shape index (κ1) is 86.4. The summed E-state index contributed by atoms with van der Waals surface area (Å²) in [6, 6.07) is 40.1. The van der Waals surface area contributed by atoms with E-state index in [1.807, 2.05) is 115 Å². The number of anilines is 8. The van der Waals surface area contributed by atoms with Gasteiger partial charge in [0.1, 0.15) is 78.5 Å². The van der Waals surface area contributed by atoms with Gasteiger partial charge in [-0.15, -0.1) is 0 Å². The summed E-state index contributed by atoms with van der Waals surface area (Å²) in [5.41, 5.74) is 14.3. The third-order valence-corrected chi connectivity index (χ3v) is 18.1. The van der Waals surface area contributed by atoms with Gasteiger partial charge < -0.3 is 74.7 Å². The second-order valence-electron chi connectivity index (χ2n) is 28.0. The first-order valence-corrected chi connectivity index (χ1v) is 37.9. The normalized spacial score (nSPS) is 10.9. The van der Waals surface area contributed by atoms with Crippen LogP contribution in [0.2, 0.25) is 0 Å². The lowest BCUT2D eigenvalue weighted by atomic mass is 10.2. The number of ether oxygens (including phenoxy) is 8. The maximum atomic E-state index is 14.3. The second kappa shape index (κ2) is 42.4. The van der Waals surface area contributed by atoms with E-state index in [1.54, 1.807) is 77.0 Å². The fourth-order valence-corrected chi connectivity index (χ4v) is 12.0. The van der Waals surface area contributed by atoms with Gasteiger partial charge in [0, 0.05) is 64.5 Å². The van der Waals surface area contributed by atoms with E-state index in [0.717, 1.165) is 96.0 Å². The number of carbonyl (C=O) groups is 1. The molecule has 0 radical (unpaired) electrons. The number of nitrogens with two attached hydrogens (primary N) is 1. The summed E-state index contributed by atoms with van der Waals surface area (Å²) in [5, 5.41) is 15.0. The van der Waals surface area contributed by atoms with Gasteiger partial charge in [-0.3, -0.25) is 9.78 Å². The van der Waals surface area contributed by atoms with E-state index in [2.05, 4.69) is 90.0 Å². The van der Waals surface area contributed by atoms with Gasteiger partial charge in [0.25, 0.3) is 0 Å². The van der Waals surface area contributed by atoms with Crippen molar-refractivity contribution in [3.63, 3.8) is 0 Å². The largest absolute Gasteiger partial charge is 0.493 e. The monoisotopic (exact) mass is 1600 g/mol. The molecular weight excluding hydrogens is 1500 g/mol. The molecule has 5 aromatic heterocycles. The Morgan fingerprint density at radius 3 is 0.991 bits per heavy atom. The molecule has 25 nitrogen and oxygen atoms in total. The molecule has 29 heteroatoms. The van der Waals surface area contributed by atoms with Crippen molar-refractivity contribution in [2.24, 2.45) is 5.73 Å². The first-order valence-electron chi connectivity index (χ1n) is 37.9. The Kier molecular flexibility index (Phi) is 31.3. The Hall–Kier alpha value is -13.0. The zero-order chi connectivity index (χ0) is 83.5. The van der Waals surface area contributed by atoms with Crippen LogP contribution in [0.25, 0.3) is 43.6 Å². The van der Waals surface area contributed by atoms with Crippen molar-refractivity contribution < 1.29 is 60.3 Å². The lowest BCUT2D eigenvalue weighted by Crippen LogP contribution is -2.15. The lowest BCUT2D eigenvalue weighted by molar-refractivity contribution is -0.118. The predicted octanol–water partition coefficient (Wildman–Crippen LogP) is 18.1. The van der Waals surface area contributed by atoms with Gasteiger partial charge in [-0.2, -0.15) is 0 Å². The van der Waals surface area contributed by atoms with Crippen molar-refractivity contribution in [1.82, 2.24) is 54.7 Å². The number of amides is 1. The maximum absolute atomic E-state index is 14.3. The molecule has 0 aliphatic carbocycles. The van der Waals surface area contributed by atoms with Crippen LogP contribution in [0.4, 0.5) is 63.6 Å². The summed E-state index contributed by atoms with van der Waals surface area (Å²) >= 11 is 0. The van der Waals surface area contributed by atoms with Crippen molar-refractivity contribution in [2.45, 2.75) is 86.2 Å². The van der Waals surface area contributed by atoms with Crippen LogP contribution in [0, 0.1) is 57.9 Å². The Morgan fingerprint density at radius 2 is 0.684 bits per heavy atom. The number of pyridine rings is 1. The van der Waals surface area contributed by atoms with Gasteiger partial charge in [-0.05, 0) is 215 Å². The number of carbonyl (C=O) groups excluding carboxylic acids is 1. The van der Waals surface area contributed by atoms with Gasteiger partial charge >= 0.3 is 0 Å². The summed E-state index contributed by atoms with van der Waals surface area (Å²) in [6.45, 7) is 13.2. The molecule has 0 fully saturated rings. The minimum atomic E-state index is -0.356. The lowest BCUT2D eigenvalue weighted by Gasteiger charge is -2.15. The van der Waals surface area contributed by atoms with E-state index in [-0.39, 0.29) is 29.2 Å². The molecule has 0 aliphatic rings. The zero-order valence-corrected chi connectivity index (χ0v) is 68.0. The van der Waals surface area contributed by atoms with Crippen LogP contribution < -0.4 is 64.9 Å². The number of primary amides is 1. The first-order chi connectivity index (χ1) is 56.4. The molecule has 1 amide bonds. The van der Waals surface area contributed by atoms with E-state index in [9.17, 15) is 22.4 Å². The van der Waals surface area contributed by atoms with Gasteiger partial charge in [0.15, 0.2) is 46.0 Å². The number of hydrogen-bond donors (Lipinski definition) is 5. The van der Waals surface area contributed by atoms with Crippen LogP contribution in [0.1, 0.15) is 78.6 Å². The number of nitrogens with zero attached hydrogens (tertiary/aromatic N) is 11. The molecule has 6 N–H and O–H groups in total. The number of rotatable bonds is 33. The number of halogens is 4. The number of aryl methyl sites for hydroxylation is 5. The number of nitrogens with one attached hydrogen (secondary N) is 4. The highest BCUT2D eigenvalue weighted by atomic mass is 19.1. The number of unbranched alkanes of at least 4 members (excludes halogenated alkanes) is 3. The number of methoxy groups -OCH3 is 4. The van der Waals surface area contributed by atoms with E-state index in [0.29, 0.717) is 158 Å². The third kappa shape index (κ3) is 24.7. The topological polar surface area (TPSA) is 288 Å². The third-order valence-electron chi connectivity index (χ3n) is 18.1. The van der Waals surface area contributed by atoms with Gasteiger partial charge in [-0.25, -0.2) is 57.4 Å². The van der Waals surface area contributed by atoms with Crippen molar-refractivity contribution in [1.29, 1.82) is 0 Å². The number of hydrogen-bond acceptors (Lipinski definition) is 24. The van der Waals surface area contributed by atoms with Crippen LogP contribution in [-0.2, 0) is 11.4 Å². The van der Waals surface area contributed by atoms with Crippen LogP contribution in [0.5, 0.6) is 46.0 Å². The number of fused-ring (bicyclic) bond motifs is 4. The Morgan fingerprint density at radius 1 is 0.368 bits per heavy atom. The standard InChI is InChI=1S/C23H21FN4O2.C22H25FN4O3.C22H27FN4O2.C21H25FN4O2/c1-14-7-8-19(18(24)9-14)28-23-17-10-21(29-3)22(11-20(17)25-13-26-23)30-12-16-6-4-5-15(2)27-16;1-14-7-8-17(16(23)10-14)27-22-15-11-19(29-2)20(12-18(15)25-13-26-22)30-9-5-3-4-6-21(24)28;1-15-7-8-18(17(23)11-15)26-22-16-12-20(28-4)21(13-19(16)24-14-25-22)29-10-6-5-9-27(2)3;1-14-6-7-17(16(22)10-14)25-21-15-11-19(27-4)20(12-18(15)23-13-24-21)28-9-5-8-26(2)3/h4-11,13H,12H2,1-3H3,(H,25,26,28);7-8,10-13H,3-6,9H2,1-2H3,(H2,24,28)(H,25,26,27);7-8,11-14H,5-6,9-10H2,1-4H3,(H,24,25,26);6-7,10-13H,5,8-9H2,1-4H3,(H,23,24,25). The molecule has 0 atom stereocenters. The van der Waals surface area contributed by atoms with Crippen LogP contribution >= 0.6 is 0 Å². The van der Waals surface area contributed by atoms with Gasteiger partial charge in [0.05, 0.1) is 98.8 Å². The zero-order valence-electron chi connectivity index (χ0n) is 68.0. The summed E-state index contributed by atoms with van der Waals surface area (Å²) in [4.78, 5) is 53.9. The molecule has 8 aromatic carbocycles. The second-order valence-corrected chi connectivity index (χ2v) is 28.0. The Bertz CT molecular complexity index is 5540. The molecule has 0 saturated carbocycles. The van der Waals surface area contributed by atoms with E-state index in [1.165, 1.54) is 49.6 Å². The average Bonchev–Trinajstić information content (AvgIpc) is 0.806. The molecule has 13 aromatic rings. The Balaban J connectivity index is 0.000000165. The van der Waals surface area contributed by atoms with Crippen molar-refractivity contribution >= 4 is 95.5 Å². The predicted molar refractivity (Wildman–Crippen MR) is 450 cm³/mol. The molecule has 5 heterocycles. The summed E-state index contributed by atoms with van der Waals surface area (Å²) < 4.78 is 103. The molecule has 13 rings (SSSR count). The average molecular weight is 1600 g/mol. The summed E-state index contributed by atoms with van der Waals surface area (Å²) in [5.74, 6) is 4.89. The summed E-state index contributed by atoms with van der Waals surface area (Å²) in [7, 11) is 14.5. The summed E-state index contributed by atoms with van der Waals surface area (Å²) in [6.07, 6.45) is 11.4. The highest BCUT2D eigenvalue weighted by Gasteiger charge is 2.20. The molecule has 0 saturated heterocycles. The van der Waals surface area contributed by atoms with E-state index < -0.39 is 0 Å². The SMILES string of the molecule is COc1cc2c(Nc3ccc(C)cc3F)ncnc2cc1OCCCCCC(N)=O.COc1cc2c(Nc3ccc(C)cc3F)ncnc2cc1OCCCCN(C)C.COc1cc2c(Nc3ccc(C)cc3F)ncnc2cc1OCCCN(C)C.COc1cc2c(Nc3ccc(C)cc3F)ncnc2cc1OCc1cccc(C)n1. The highest BCUT2D eigenvalue weighted by Crippen LogP contribution is 2.40. The molecule has 0 unspecified atom stereocenters. The molecular formula is C88H98F4N16O9. The van der Waals surface area contributed by atoms with Crippen LogP contribution in [-0.4, -0.2) is 150 Å². The van der Waals surface area contributed by atoms with Crippen molar-refractivity contribution in [3.05, 3.63) is 222 Å². The number of aromatic nitrogens is 9. The molecule has 0 aliphatic heterocycles. The molecule has 0 bridgehead atoms.